The highest BCUT2D eigenvalue weighted by Gasteiger charge is 2.30. The first-order valence-corrected chi connectivity index (χ1v) is 9.56. The summed E-state index contributed by atoms with van der Waals surface area (Å²) in [5.74, 6) is 0.815. The van der Waals surface area contributed by atoms with E-state index in [1.165, 1.54) is 12.1 Å². The average molecular weight is 345 g/mol. The smallest absolute Gasteiger partial charge is 0.223 e. The van der Waals surface area contributed by atoms with Crippen LogP contribution < -0.4 is 0 Å². The zero-order valence-corrected chi connectivity index (χ0v) is 14.2. The minimum Gasteiger partial charge on any atom is -0.334 e. The highest BCUT2D eigenvalue weighted by Crippen LogP contribution is 2.26. The molecule has 3 rings (SSSR count). The summed E-state index contributed by atoms with van der Waals surface area (Å²) < 4.78 is 24.9. The molecule has 0 N–H and O–H groups in total. The molecule has 0 saturated carbocycles. The monoisotopic (exact) mass is 345 g/mol. The number of carbonyl (C=O) groups excluding carboxylic acids is 1. The van der Waals surface area contributed by atoms with Crippen molar-refractivity contribution in [1.29, 1.82) is 0 Å². The Morgan fingerprint density at radius 2 is 1.83 bits per heavy atom. The number of amides is 1. The molecule has 0 spiro atoms. The van der Waals surface area contributed by atoms with Crippen LogP contribution in [0.3, 0.4) is 0 Å². The third kappa shape index (κ3) is 4.09. The van der Waals surface area contributed by atoms with Crippen molar-refractivity contribution < 1.29 is 13.4 Å². The van der Waals surface area contributed by atoms with Crippen LogP contribution in [0.1, 0.15) is 23.6 Å². The van der Waals surface area contributed by atoms with Crippen molar-refractivity contribution in [2.75, 3.05) is 18.1 Å². The van der Waals surface area contributed by atoms with Crippen LogP contribution in [0.4, 0.5) is 4.39 Å². The van der Waals surface area contributed by atoms with E-state index in [0.717, 1.165) is 11.1 Å². The van der Waals surface area contributed by atoms with Gasteiger partial charge in [-0.2, -0.15) is 0 Å². The lowest BCUT2D eigenvalue weighted by atomic mass is 10.0. The van der Waals surface area contributed by atoms with Gasteiger partial charge in [0.05, 0.1) is 6.04 Å². The fourth-order valence-corrected chi connectivity index (χ4v) is 4.29. The Balaban J connectivity index is 1.69. The van der Waals surface area contributed by atoms with Gasteiger partial charge in [-0.05, 0) is 29.7 Å². The van der Waals surface area contributed by atoms with E-state index in [1.54, 1.807) is 12.1 Å². The van der Waals surface area contributed by atoms with Gasteiger partial charge in [0.2, 0.25) is 5.91 Å². The van der Waals surface area contributed by atoms with E-state index in [9.17, 15) is 13.4 Å². The Hall–Kier alpha value is -2.01. The molecule has 0 aliphatic carbocycles. The van der Waals surface area contributed by atoms with E-state index in [4.69, 9.17) is 0 Å². The Morgan fingerprint density at radius 1 is 1.12 bits per heavy atom. The van der Waals surface area contributed by atoms with Gasteiger partial charge in [0, 0.05) is 35.3 Å². The van der Waals surface area contributed by atoms with E-state index in [0.29, 0.717) is 30.9 Å². The molecule has 2 aromatic rings. The molecule has 2 atom stereocenters. The van der Waals surface area contributed by atoms with Gasteiger partial charge in [-0.1, -0.05) is 42.5 Å². The topological polar surface area (TPSA) is 37.4 Å². The van der Waals surface area contributed by atoms with Crippen LogP contribution in [0.15, 0.2) is 54.6 Å². The number of hydrogen-bond donors (Lipinski definition) is 0. The lowest BCUT2D eigenvalue weighted by Gasteiger charge is -2.35. The number of halogens is 1. The van der Waals surface area contributed by atoms with Crippen LogP contribution >= 0.6 is 0 Å². The van der Waals surface area contributed by atoms with Crippen LogP contribution in [-0.2, 0) is 22.0 Å². The number of carbonyl (C=O) groups is 1. The van der Waals surface area contributed by atoms with Gasteiger partial charge in [0.15, 0.2) is 0 Å². The third-order valence-corrected chi connectivity index (χ3v) is 5.65. The highest BCUT2D eigenvalue weighted by atomic mass is 32.2. The largest absolute Gasteiger partial charge is 0.334 e. The molecule has 24 heavy (non-hydrogen) atoms. The maximum atomic E-state index is 12.9. The third-order valence-electron chi connectivity index (χ3n) is 4.33. The van der Waals surface area contributed by atoms with Gasteiger partial charge in [-0.3, -0.25) is 9.00 Å². The van der Waals surface area contributed by atoms with Crippen LogP contribution in [-0.4, -0.2) is 33.1 Å². The molecule has 1 aliphatic rings. The van der Waals surface area contributed by atoms with Gasteiger partial charge < -0.3 is 4.90 Å². The van der Waals surface area contributed by atoms with Gasteiger partial charge in [0.25, 0.3) is 0 Å². The van der Waals surface area contributed by atoms with Crippen LogP contribution in [0.25, 0.3) is 0 Å². The molecule has 1 heterocycles. The summed E-state index contributed by atoms with van der Waals surface area (Å²) in [6.45, 7) is 0.522. The number of benzene rings is 2. The van der Waals surface area contributed by atoms with E-state index in [1.807, 2.05) is 35.2 Å². The first-order valence-electron chi connectivity index (χ1n) is 8.07. The van der Waals surface area contributed by atoms with Crippen molar-refractivity contribution in [2.24, 2.45) is 0 Å². The Morgan fingerprint density at radius 3 is 2.54 bits per heavy atom. The number of aryl methyl sites for hydroxylation is 1. The quantitative estimate of drug-likeness (QED) is 0.854. The summed E-state index contributed by atoms with van der Waals surface area (Å²) in [5.41, 5.74) is 1.97. The zero-order chi connectivity index (χ0) is 16.9. The minimum absolute atomic E-state index is 0.0601. The standard InChI is InChI=1S/C19H20FNO2S/c20-17-9-6-15(7-10-17)8-11-19(22)21-12-13-24(23)14-18(21)16-4-2-1-3-5-16/h1-7,9-10,18H,8,11-14H2. The molecule has 0 aromatic heterocycles. The van der Waals surface area contributed by atoms with Gasteiger partial charge in [-0.15, -0.1) is 0 Å². The molecule has 1 amide bonds. The summed E-state index contributed by atoms with van der Waals surface area (Å²) in [7, 11) is -0.886. The molecular formula is C19H20FNO2S. The molecule has 1 fully saturated rings. The minimum atomic E-state index is -0.886. The first kappa shape index (κ1) is 16.8. The molecule has 3 nitrogen and oxygen atoms in total. The fraction of sp³-hybridized carbons (Fsp3) is 0.316. The Labute approximate surface area is 143 Å². The second-order valence-electron chi connectivity index (χ2n) is 5.95. The predicted molar refractivity (Wildman–Crippen MR) is 93.5 cm³/mol. The summed E-state index contributed by atoms with van der Waals surface area (Å²) in [6.07, 6.45) is 0.960. The Kier molecular flexibility index (Phi) is 5.41. The lowest BCUT2D eigenvalue weighted by Crippen LogP contribution is -2.44. The van der Waals surface area contributed by atoms with Gasteiger partial charge >= 0.3 is 0 Å². The summed E-state index contributed by atoms with van der Waals surface area (Å²) in [5, 5.41) is 0. The van der Waals surface area contributed by atoms with E-state index in [2.05, 4.69) is 0 Å². The Bertz CT molecular complexity index is 718. The maximum Gasteiger partial charge on any atom is 0.223 e. The van der Waals surface area contributed by atoms with E-state index < -0.39 is 10.8 Å². The van der Waals surface area contributed by atoms with Crippen molar-refractivity contribution >= 4 is 16.7 Å². The first-order chi connectivity index (χ1) is 11.6. The second kappa shape index (κ2) is 7.71. The van der Waals surface area contributed by atoms with Gasteiger partial charge in [0.1, 0.15) is 5.82 Å². The average Bonchev–Trinajstić information content (AvgIpc) is 2.61. The molecule has 5 heteroatoms. The van der Waals surface area contributed by atoms with Crippen molar-refractivity contribution in [3.8, 4) is 0 Å². The van der Waals surface area contributed by atoms with E-state index >= 15 is 0 Å². The van der Waals surface area contributed by atoms with Crippen molar-refractivity contribution in [2.45, 2.75) is 18.9 Å². The van der Waals surface area contributed by atoms with Crippen molar-refractivity contribution in [3.63, 3.8) is 0 Å². The SMILES string of the molecule is O=C(CCc1ccc(F)cc1)N1CCS(=O)CC1c1ccccc1. The second-order valence-corrected chi connectivity index (χ2v) is 7.57. The molecule has 1 aliphatic heterocycles. The molecule has 126 valence electrons. The molecule has 0 radical (unpaired) electrons. The van der Waals surface area contributed by atoms with Crippen LogP contribution in [0, 0.1) is 5.82 Å². The number of rotatable bonds is 4. The summed E-state index contributed by atoms with van der Waals surface area (Å²) >= 11 is 0. The lowest BCUT2D eigenvalue weighted by molar-refractivity contribution is -0.133. The predicted octanol–water partition coefficient (Wildman–Crippen LogP) is 3.09. The van der Waals surface area contributed by atoms with Crippen molar-refractivity contribution in [3.05, 3.63) is 71.5 Å². The summed E-state index contributed by atoms with van der Waals surface area (Å²) in [6, 6.07) is 15.9. The van der Waals surface area contributed by atoms with Crippen LogP contribution in [0.5, 0.6) is 0 Å². The van der Waals surface area contributed by atoms with Crippen LogP contribution in [0.2, 0.25) is 0 Å². The molecular weight excluding hydrogens is 325 g/mol. The zero-order valence-electron chi connectivity index (χ0n) is 13.4. The van der Waals surface area contributed by atoms with E-state index in [-0.39, 0.29) is 17.8 Å². The summed E-state index contributed by atoms with van der Waals surface area (Å²) in [4.78, 5) is 14.5. The van der Waals surface area contributed by atoms with Crippen molar-refractivity contribution in [1.82, 2.24) is 4.90 Å². The van der Waals surface area contributed by atoms with Gasteiger partial charge in [-0.25, -0.2) is 4.39 Å². The fourth-order valence-electron chi connectivity index (χ4n) is 3.00. The molecule has 2 aromatic carbocycles. The number of hydrogen-bond acceptors (Lipinski definition) is 2. The number of nitrogens with zero attached hydrogens (tertiary/aromatic N) is 1. The highest BCUT2D eigenvalue weighted by molar-refractivity contribution is 7.85. The molecule has 2 unspecified atom stereocenters. The normalized spacial score (nSPS) is 20.8. The maximum absolute atomic E-state index is 12.9. The molecule has 0 bridgehead atoms. The molecule has 1 saturated heterocycles.